The van der Waals surface area contributed by atoms with Crippen molar-refractivity contribution in [2.45, 2.75) is 13.0 Å². The highest BCUT2D eigenvalue weighted by Crippen LogP contribution is 2.23. The molecule has 1 saturated heterocycles. The van der Waals surface area contributed by atoms with Crippen LogP contribution in [0.4, 0.5) is 11.4 Å². The minimum atomic E-state index is -0.746. The van der Waals surface area contributed by atoms with Gasteiger partial charge in [0.1, 0.15) is 0 Å². The number of non-ortho nitro benzene ring substituents is 2. The fourth-order valence-corrected chi connectivity index (χ4v) is 2.23. The van der Waals surface area contributed by atoms with Gasteiger partial charge in [-0.1, -0.05) is 0 Å². The van der Waals surface area contributed by atoms with Crippen molar-refractivity contribution in [3.63, 3.8) is 0 Å². The highest BCUT2D eigenvalue weighted by atomic mass is 16.6. The van der Waals surface area contributed by atoms with E-state index in [2.05, 4.69) is 5.32 Å². The van der Waals surface area contributed by atoms with E-state index >= 15 is 0 Å². The van der Waals surface area contributed by atoms with E-state index in [4.69, 9.17) is 0 Å². The summed E-state index contributed by atoms with van der Waals surface area (Å²) in [6.45, 7) is 3.44. The number of benzene rings is 1. The monoisotopic (exact) mass is 294 g/mol. The van der Waals surface area contributed by atoms with Gasteiger partial charge in [-0.25, -0.2) is 0 Å². The molecule has 9 heteroatoms. The van der Waals surface area contributed by atoms with E-state index in [0.29, 0.717) is 19.6 Å². The molecule has 1 amide bonds. The molecule has 0 spiro atoms. The Labute approximate surface area is 119 Å². The molecule has 9 nitrogen and oxygen atoms in total. The van der Waals surface area contributed by atoms with E-state index in [0.717, 1.165) is 18.2 Å². The smallest absolute Gasteiger partial charge is 0.277 e. The number of nitrogens with one attached hydrogen (secondary N) is 1. The number of nitro benzene ring substituents is 2. The van der Waals surface area contributed by atoms with E-state index in [1.807, 2.05) is 6.92 Å². The number of carbonyl (C=O) groups excluding carboxylic acids is 1. The maximum Gasteiger partial charge on any atom is 0.277 e. The van der Waals surface area contributed by atoms with Gasteiger partial charge in [-0.05, 0) is 6.92 Å². The highest BCUT2D eigenvalue weighted by Gasteiger charge is 2.25. The molecule has 1 fully saturated rings. The minimum Gasteiger partial charge on any atom is -0.336 e. The Bertz CT molecular complexity index is 571. The first-order valence-electron chi connectivity index (χ1n) is 6.35. The normalized spacial score (nSPS) is 18.3. The number of nitrogens with zero attached hydrogens (tertiary/aromatic N) is 3. The molecule has 0 aliphatic carbocycles. The minimum absolute atomic E-state index is 0.0370. The summed E-state index contributed by atoms with van der Waals surface area (Å²) in [5.41, 5.74) is -0.962. The SMILES string of the molecule is CC1CN(C(=O)c2cc([N+](=O)[O-])cc([N+](=O)[O-])c2)CCN1. The molecule has 2 rings (SSSR count). The molecule has 0 radical (unpaired) electrons. The Morgan fingerprint density at radius 3 is 2.29 bits per heavy atom. The summed E-state index contributed by atoms with van der Waals surface area (Å²) in [6.07, 6.45) is 0. The van der Waals surface area contributed by atoms with Crippen molar-refractivity contribution in [1.82, 2.24) is 10.2 Å². The molecular weight excluding hydrogens is 280 g/mol. The van der Waals surface area contributed by atoms with Crippen molar-refractivity contribution in [1.29, 1.82) is 0 Å². The first-order valence-corrected chi connectivity index (χ1v) is 6.35. The summed E-state index contributed by atoms with van der Waals surface area (Å²) in [7, 11) is 0. The van der Waals surface area contributed by atoms with E-state index in [1.54, 1.807) is 0 Å². The lowest BCUT2D eigenvalue weighted by Gasteiger charge is -2.31. The predicted molar refractivity (Wildman–Crippen MR) is 73.1 cm³/mol. The molecule has 1 N–H and O–H groups in total. The van der Waals surface area contributed by atoms with Crippen LogP contribution in [0.2, 0.25) is 0 Å². The Morgan fingerprint density at radius 2 is 1.81 bits per heavy atom. The maximum absolute atomic E-state index is 12.3. The molecule has 1 aromatic rings. The molecule has 0 bridgehead atoms. The second-order valence-corrected chi connectivity index (χ2v) is 4.86. The van der Waals surface area contributed by atoms with Crippen LogP contribution in [0.3, 0.4) is 0 Å². The van der Waals surface area contributed by atoms with Crippen LogP contribution >= 0.6 is 0 Å². The number of rotatable bonds is 3. The molecule has 1 heterocycles. The van der Waals surface area contributed by atoms with E-state index in [-0.39, 0.29) is 11.6 Å². The van der Waals surface area contributed by atoms with Gasteiger partial charge < -0.3 is 10.2 Å². The second-order valence-electron chi connectivity index (χ2n) is 4.86. The fraction of sp³-hybridized carbons (Fsp3) is 0.417. The van der Waals surface area contributed by atoms with Crippen LogP contribution in [-0.2, 0) is 0 Å². The maximum atomic E-state index is 12.3. The summed E-state index contributed by atoms with van der Waals surface area (Å²) >= 11 is 0. The molecule has 112 valence electrons. The van der Waals surface area contributed by atoms with Crippen molar-refractivity contribution in [2.24, 2.45) is 0 Å². The standard InChI is InChI=1S/C12H14N4O5/c1-8-7-14(3-2-13-8)12(17)9-4-10(15(18)19)6-11(5-9)16(20)21/h4-6,8,13H,2-3,7H2,1H3. The molecule has 1 aliphatic rings. The molecular formula is C12H14N4O5. The number of hydrogen-bond donors (Lipinski definition) is 1. The van der Waals surface area contributed by atoms with Gasteiger partial charge in [0.15, 0.2) is 0 Å². The highest BCUT2D eigenvalue weighted by molar-refractivity contribution is 5.95. The zero-order chi connectivity index (χ0) is 15.6. The zero-order valence-corrected chi connectivity index (χ0v) is 11.3. The third-order valence-corrected chi connectivity index (χ3v) is 3.23. The Hall–Kier alpha value is -2.55. The van der Waals surface area contributed by atoms with Crippen LogP contribution in [0, 0.1) is 20.2 Å². The lowest BCUT2D eigenvalue weighted by Crippen LogP contribution is -2.51. The van der Waals surface area contributed by atoms with E-state index < -0.39 is 27.1 Å². The van der Waals surface area contributed by atoms with Gasteiger partial charge in [0.25, 0.3) is 17.3 Å². The zero-order valence-electron chi connectivity index (χ0n) is 11.3. The van der Waals surface area contributed by atoms with Crippen molar-refractivity contribution >= 4 is 17.3 Å². The first-order chi connectivity index (χ1) is 9.88. The van der Waals surface area contributed by atoms with Crippen molar-refractivity contribution in [3.8, 4) is 0 Å². The van der Waals surface area contributed by atoms with Crippen molar-refractivity contribution in [2.75, 3.05) is 19.6 Å². The van der Waals surface area contributed by atoms with Gasteiger partial charge in [0.2, 0.25) is 0 Å². The molecule has 1 unspecified atom stereocenters. The van der Waals surface area contributed by atoms with Crippen molar-refractivity contribution in [3.05, 3.63) is 44.0 Å². The third-order valence-electron chi connectivity index (χ3n) is 3.23. The predicted octanol–water partition coefficient (Wildman–Crippen LogP) is 0.937. The average molecular weight is 294 g/mol. The van der Waals surface area contributed by atoms with E-state index in [9.17, 15) is 25.0 Å². The van der Waals surface area contributed by atoms with Crippen LogP contribution in [0.15, 0.2) is 18.2 Å². The fourth-order valence-electron chi connectivity index (χ4n) is 2.23. The van der Waals surface area contributed by atoms with Gasteiger partial charge in [0, 0.05) is 37.8 Å². The largest absolute Gasteiger partial charge is 0.336 e. The molecule has 21 heavy (non-hydrogen) atoms. The summed E-state index contributed by atoms with van der Waals surface area (Å²) in [5.74, 6) is -0.435. The second kappa shape index (κ2) is 5.83. The van der Waals surface area contributed by atoms with Crippen LogP contribution in [-0.4, -0.2) is 46.3 Å². The van der Waals surface area contributed by atoms with Crippen molar-refractivity contribution < 1.29 is 14.6 Å². The van der Waals surface area contributed by atoms with Crippen LogP contribution < -0.4 is 5.32 Å². The molecule has 1 aliphatic heterocycles. The van der Waals surface area contributed by atoms with Crippen LogP contribution in [0.1, 0.15) is 17.3 Å². The van der Waals surface area contributed by atoms with Crippen LogP contribution in [0.5, 0.6) is 0 Å². The first kappa shape index (κ1) is 14.9. The summed E-state index contributed by atoms with van der Waals surface area (Å²) in [5, 5.41) is 24.8. The van der Waals surface area contributed by atoms with Gasteiger partial charge in [-0.2, -0.15) is 0 Å². The van der Waals surface area contributed by atoms with Gasteiger partial charge in [0.05, 0.1) is 21.5 Å². The summed E-state index contributed by atoms with van der Waals surface area (Å²) in [4.78, 5) is 34.0. The Balaban J connectivity index is 2.35. The van der Waals surface area contributed by atoms with E-state index in [1.165, 1.54) is 4.90 Å². The van der Waals surface area contributed by atoms with Crippen LogP contribution in [0.25, 0.3) is 0 Å². The average Bonchev–Trinajstić information content (AvgIpc) is 2.45. The summed E-state index contributed by atoms with van der Waals surface area (Å²) < 4.78 is 0. The number of hydrogen-bond acceptors (Lipinski definition) is 6. The lowest BCUT2D eigenvalue weighted by atomic mass is 10.1. The Morgan fingerprint density at radius 1 is 1.24 bits per heavy atom. The van der Waals surface area contributed by atoms with Gasteiger partial charge in [-0.3, -0.25) is 25.0 Å². The molecule has 1 aromatic carbocycles. The molecule has 1 atom stereocenters. The number of carbonyl (C=O) groups is 1. The topological polar surface area (TPSA) is 119 Å². The van der Waals surface area contributed by atoms with Gasteiger partial charge >= 0.3 is 0 Å². The number of nitro groups is 2. The van der Waals surface area contributed by atoms with Gasteiger partial charge in [-0.15, -0.1) is 0 Å². The Kier molecular flexibility index (Phi) is 4.13. The third kappa shape index (κ3) is 3.31. The molecule has 0 aromatic heterocycles. The number of piperazine rings is 1. The quantitative estimate of drug-likeness (QED) is 0.654. The summed E-state index contributed by atoms with van der Waals surface area (Å²) in [6, 6.07) is 3.10. The number of amides is 1. The lowest BCUT2D eigenvalue weighted by molar-refractivity contribution is -0.394. The molecule has 0 saturated carbocycles.